The van der Waals surface area contributed by atoms with E-state index in [9.17, 15) is 0 Å². The number of aromatic nitrogens is 3. The maximum absolute atomic E-state index is 4.21. The second-order valence-corrected chi connectivity index (χ2v) is 5.33. The van der Waals surface area contributed by atoms with Crippen molar-refractivity contribution in [2.75, 3.05) is 13.6 Å². The predicted molar refractivity (Wildman–Crippen MR) is 74.7 cm³/mol. The quantitative estimate of drug-likeness (QED) is 0.839. The summed E-state index contributed by atoms with van der Waals surface area (Å²) < 4.78 is 2.02. The summed E-state index contributed by atoms with van der Waals surface area (Å²) in [5, 5.41) is 12.8. The summed E-state index contributed by atoms with van der Waals surface area (Å²) in [4.78, 5) is 0. The third-order valence-corrected chi connectivity index (χ3v) is 4.15. The van der Waals surface area contributed by atoms with E-state index in [-0.39, 0.29) is 0 Å². The monoisotopic (exact) mass is 262 g/mol. The molecule has 4 nitrogen and oxygen atoms in total. The number of benzene rings is 1. The first-order chi connectivity index (χ1) is 8.72. The molecule has 0 bridgehead atoms. The Morgan fingerprint density at radius 1 is 1.28 bits per heavy atom. The van der Waals surface area contributed by atoms with Crippen molar-refractivity contribution < 1.29 is 0 Å². The first-order valence-corrected chi connectivity index (χ1v) is 6.82. The molecule has 0 aliphatic carbocycles. The fraction of sp³-hybridized carbons (Fsp3) is 0.385. The van der Waals surface area contributed by atoms with Crippen LogP contribution in [0.15, 0.2) is 35.5 Å². The average molecular weight is 262 g/mol. The van der Waals surface area contributed by atoms with Crippen molar-refractivity contribution >= 4 is 11.8 Å². The molecule has 0 saturated carbocycles. The second kappa shape index (κ2) is 6.02. The van der Waals surface area contributed by atoms with Crippen LogP contribution in [0.5, 0.6) is 0 Å². The molecule has 0 fully saturated rings. The number of nitrogens with zero attached hydrogens (tertiary/aromatic N) is 3. The molecule has 1 N–H and O–H groups in total. The van der Waals surface area contributed by atoms with Gasteiger partial charge in [0.2, 0.25) is 0 Å². The van der Waals surface area contributed by atoms with Gasteiger partial charge in [-0.25, -0.2) is 0 Å². The Hall–Kier alpha value is -1.33. The van der Waals surface area contributed by atoms with Crippen LogP contribution in [0.2, 0.25) is 0 Å². The minimum absolute atomic E-state index is 0.346. The van der Waals surface area contributed by atoms with Gasteiger partial charge in [0.25, 0.3) is 0 Å². The van der Waals surface area contributed by atoms with E-state index in [0.29, 0.717) is 5.25 Å². The molecule has 1 atom stereocenters. The van der Waals surface area contributed by atoms with Crippen molar-refractivity contribution in [3.63, 3.8) is 0 Å². The number of hydrogen-bond acceptors (Lipinski definition) is 4. The summed E-state index contributed by atoms with van der Waals surface area (Å²) in [6, 6.07) is 10.5. The first kappa shape index (κ1) is 13.1. The van der Waals surface area contributed by atoms with Crippen molar-refractivity contribution in [2.45, 2.75) is 17.3 Å². The fourth-order valence-corrected chi connectivity index (χ4v) is 2.87. The largest absolute Gasteiger partial charge is 0.318 e. The van der Waals surface area contributed by atoms with Crippen LogP contribution in [0, 0.1) is 6.92 Å². The Morgan fingerprint density at radius 3 is 2.56 bits per heavy atom. The van der Waals surface area contributed by atoms with Crippen molar-refractivity contribution in [3.8, 4) is 0 Å². The summed E-state index contributed by atoms with van der Waals surface area (Å²) in [5.74, 6) is 0.939. The predicted octanol–water partition coefficient (Wildman–Crippen LogP) is 2.18. The van der Waals surface area contributed by atoms with Crippen LogP contribution in [0.25, 0.3) is 0 Å². The highest BCUT2D eigenvalue weighted by atomic mass is 32.2. The van der Waals surface area contributed by atoms with Crippen LogP contribution in [0.4, 0.5) is 0 Å². The molecule has 96 valence electrons. The highest BCUT2D eigenvalue weighted by Crippen LogP contribution is 2.33. The summed E-state index contributed by atoms with van der Waals surface area (Å²) in [7, 11) is 3.97. The normalized spacial score (nSPS) is 12.6. The van der Waals surface area contributed by atoms with Gasteiger partial charge in [-0.2, -0.15) is 0 Å². The van der Waals surface area contributed by atoms with Gasteiger partial charge in [0.05, 0.1) is 0 Å². The SMILES string of the molecule is CNCC(Sc1nnc(C)n1C)c1ccccc1. The van der Waals surface area contributed by atoms with E-state index < -0.39 is 0 Å². The minimum Gasteiger partial charge on any atom is -0.318 e. The highest BCUT2D eigenvalue weighted by molar-refractivity contribution is 7.99. The van der Waals surface area contributed by atoms with Gasteiger partial charge in [0.15, 0.2) is 5.16 Å². The molecule has 2 rings (SSSR count). The van der Waals surface area contributed by atoms with Crippen molar-refractivity contribution in [3.05, 3.63) is 41.7 Å². The van der Waals surface area contributed by atoms with Gasteiger partial charge in [-0.3, -0.25) is 0 Å². The highest BCUT2D eigenvalue weighted by Gasteiger charge is 2.16. The molecular formula is C13H18N4S. The van der Waals surface area contributed by atoms with Crippen LogP contribution >= 0.6 is 11.8 Å². The Balaban J connectivity index is 2.19. The Bertz CT molecular complexity index is 495. The maximum Gasteiger partial charge on any atom is 0.191 e. The summed E-state index contributed by atoms with van der Waals surface area (Å²) in [6.07, 6.45) is 0. The van der Waals surface area contributed by atoms with E-state index in [1.165, 1.54) is 5.56 Å². The molecule has 1 heterocycles. The van der Waals surface area contributed by atoms with E-state index in [0.717, 1.165) is 17.5 Å². The standard InChI is InChI=1S/C13H18N4S/c1-10-15-16-13(17(10)3)18-12(9-14-2)11-7-5-4-6-8-11/h4-8,12,14H,9H2,1-3H3. The lowest BCUT2D eigenvalue weighted by Crippen LogP contribution is -2.15. The van der Waals surface area contributed by atoms with Gasteiger partial charge in [0, 0.05) is 18.8 Å². The molecule has 0 radical (unpaired) electrons. The summed E-state index contributed by atoms with van der Waals surface area (Å²) in [6.45, 7) is 2.87. The lowest BCUT2D eigenvalue weighted by molar-refractivity contribution is 0.744. The van der Waals surface area contributed by atoms with Crippen LogP contribution in [0.3, 0.4) is 0 Å². The number of thioether (sulfide) groups is 1. The summed E-state index contributed by atoms with van der Waals surface area (Å²) >= 11 is 1.74. The molecule has 1 unspecified atom stereocenters. The van der Waals surface area contributed by atoms with Crippen molar-refractivity contribution in [2.24, 2.45) is 7.05 Å². The molecule has 1 aromatic carbocycles. The van der Waals surface area contributed by atoms with Gasteiger partial charge in [-0.15, -0.1) is 10.2 Å². The topological polar surface area (TPSA) is 42.7 Å². The zero-order valence-corrected chi connectivity index (χ0v) is 11.7. The number of likely N-dealkylation sites (N-methyl/N-ethyl adjacent to an activating group) is 1. The molecule has 1 aromatic heterocycles. The molecule has 18 heavy (non-hydrogen) atoms. The number of aryl methyl sites for hydroxylation is 1. The average Bonchev–Trinajstić information content (AvgIpc) is 2.71. The lowest BCUT2D eigenvalue weighted by Gasteiger charge is -2.15. The minimum atomic E-state index is 0.346. The molecule has 0 aliphatic rings. The lowest BCUT2D eigenvalue weighted by atomic mass is 10.1. The van der Waals surface area contributed by atoms with Gasteiger partial charge in [-0.1, -0.05) is 42.1 Å². The third-order valence-electron chi connectivity index (χ3n) is 2.86. The Morgan fingerprint density at radius 2 is 2.00 bits per heavy atom. The van der Waals surface area contributed by atoms with Crippen LogP contribution in [-0.2, 0) is 7.05 Å². The van der Waals surface area contributed by atoms with E-state index in [1.54, 1.807) is 11.8 Å². The van der Waals surface area contributed by atoms with Gasteiger partial charge < -0.3 is 9.88 Å². The molecular weight excluding hydrogens is 244 g/mol. The Labute approximate surface area is 112 Å². The molecule has 2 aromatic rings. The maximum atomic E-state index is 4.21. The van der Waals surface area contributed by atoms with Crippen LogP contribution < -0.4 is 5.32 Å². The zero-order valence-electron chi connectivity index (χ0n) is 10.9. The van der Waals surface area contributed by atoms with E-state index in [4.69, 9.17) is 0 Å². The molecule has 5 heteroatoms. The van der Waals surface area contributed by atoms with Crippen molar-refractivity contribution in [1.29, 1.82) is 0 Å². The van der Waals surface area contributed by atoms with Gasteiger partial charge >= 0.3 is 0 Å². The van der Waals surface area contributed by atoms with Gasteiger partial charge in [-0.05, 0) is 19.5 Å². The fourth-order valence-electron chi connectivity index (χ4n) is 1.70. The van der Waals surface area contributed by atoms with Crippen molar-refractivity contribution in [1.82, 2.24) is 20.1 Å². The molecule has 0 saturated heterocycles. The van der Waals surface area contributed by atoms with Crippen LogP contribution in [0.1, 0.15) is 16.6 Å². The zero-order chi connectivity index (χ0) is 13.0. The number of hydrogen-bond donors (Lipinski definition) is 1. The second-order valence-electron chi connectivity index (χ2n) is 4.16. The number of nitrogens with one attached hydrogen (secondary N) is 1. The smallest absolute Gasteiger partial charge is 0.191 e. The van der Waals surface area contributed by atoms with E-state index in [1.807, 2.05) is 31.7 Å². The van der Waals surface area contributed by atoms with Crippen LogP contribution in [-0.4, -0.2) is 28.4 Å². The third kappa shape index (κ3) is 2.91. The van der Waals surface area contributed by atoms with E-state index >= 15 is 0 Å². The number of rotatable bonds is 5. The first-order valence-electron chi connectivity index (χ1n) is 5.94. The van der Waals surface area contributed by atoms with E-state index in [2.05, 4.69) is 39.8 Å². The molecule has 0 spiro atoms. The molecule has 0 amide bonds. The summed E-state index contributed by atoms with van der Waals surface area (Å²) in [5.41, 5.74) is 1.30. The molecule has 0 aliphatic heterocycles. The van der Waals surface area contributed by atoms with Gasteiger partial charge in [0.1, 0.15) is 5.82 Å². The Kier molecular flexibility index (Phi) is 4.38.